The lowest BCUT2D eigenvalue weighted by Gasteiger charge is -2.25. The highest BCUT2D eigenvalue weighted by Gasteiger charge is 2.37. The van der Waals surface area contributed by atoms with E-state index in [-0.39, 0.29) is 17.7 Å². The maximum atomic E-state index is 13.0. The van der Waals surface area contributed by atoms with Gasteiger partial charge in [0.25, 0.3) is 0 Å². The fraction of sp³-hybridized carbons (Fsp3) is 0.474. The van der Waals surface area contributed by atoms with Crippen LogP contribution in [0.2, 0.25) is 0 Å². The monoisotopic (exact) mass is 342 g/mol. The molecule has 0 spiro atoms. The Morgan fingerprint density at radius 1 is 1.44 bits per heavy atom. The molecule has 6 nitrogen and oxygen atoms in total. The molecule has 0 unspecified atom stereocenters. The van der Waals surface area contributed by atoms with Gasteiger partial charge in [0.05, 0.1) is 19.2 Å². The van der Waals surface area contributed by atoms with Crippen molar-refractivity contribution in [3.05, 3.63) is 47.3 Å². The van der Waals surface area contributed by atoms with Gasteiger partial charge in [0, 0.05) is 45.3 Å². The Kier molecular flexibility index (Phi) is 5.08. The van der Waals surface area contributed by atoms with Gasteiger partial charge in [-0.15, -0.1) is 0 Å². The summed E-state index contributed by atoms with van der Waals surface area (Å²) < 4.78 is 7.13. The van der Waals surface area contributed by atoms with Gasteiger partial charge in [-0.1, -0.05) is 12.1 Å². The molecule has 2 atom stereocenters. The number of methoxy groups -OCH3 is 1. The van der Waals surface area contributed by atoms with Gasteiger partial charge in [-0.2, -0.15) is 5.10 Å². The van der Waals surface area contributed by atoms with Gasteiger partial charge in [-0.25, -0.2) is 0 Å². The van der Waals surface area contributed by atoms with E-state index in [9.17, 15) is 4.79 Å². The summed E-state index contributed by atoms with van der Waals surface area (Å²) in [5, 5.41) is 7.71. The number of nitrogens with one attached hydrogen (secondary N) is 1. The zero-order chi connectivity index (χ0) is 18.0. The predicted molar refractivity (Wildman–Crippen MR) is 96.5 cm³/mol. The molecule has 1 fully saturated rings. The van der Waals surface area contributed by atoms with E-state index < -0.39 is 0 Å². The second-order valence-corrected chi connectivity index (χ2v) is 6.73. The Morgan fingerprint density at radius 2 is 2.24 bits per heavy atom. The lowest BCUT2D eigenvalue weighted by Crippen LogP contribution is -2.35. The van der Waals surface area contributed by atoms with Gasteiger partial charge < -0.3 is 15.0 Å². The molecule has 1 N–H and O–H groups in total. The van der Waals surface area contributed by atoms with Gasteiger partial charge in [0.1, 0.15) is 5.75 Å². The number of benzene rings is 1. The lowest BCUT2D eigenvalue weighted by molar-refractivity contribution is -0.134. The molecule has 1 saturated heterocycles. The van der Waals surface area contributed by atoms with Crippen LogP contribution in [0.1, 0.15) is 22.7 Å². The third kappa shape index (κ3) is 3.54. The van der Waals surface area contributed by atoms with Crippen LogP contribution in [0.3, 0.4) is 0 Å². The zero-order valence-corrected chi connectivity index (χ0v) is 15.3. The lowest BCUT2D eigenvalue weighted by atomic mass is 9.88. The molecule has 134 valence electrons. The number of aromatic nitrogens is 2. The molecule has 0 aliphatic carbocycles. The minimum absolute atomic E-state index is 0.0569. The van der Waals surface area contributed by atoms with Crippen LogP contribution in [0.15, 0.2) is 30.5 Å². The fourth-order valence-electron chi connectivity index (χ4n) is 3.55. The smallest absolute Gasteiger partial charge is 0.227 e. The summed E-state index contributed by atoms with van der Waals surface area (Å²) in [4.78, 5) is 14.8. The molecule has 1 aromatic heterocycles. The zero-order valence-electron chi connectivity index (χ0n) is 15.3. The van der Waals surface area contributed by atoms with Gasteiger partial charge in [0.15, 0.2) is 0 Å². The van der Waals surface area contributed by atoms with Crippen LogP contribution in [0, 0.1) is 12.8 Å². The van der Waals surface area contributed by atoms with Crippen LogP contribution in [0.4, 0.5) is 0 Å². The maximum Gasteiger partial charge on any atom is 0.227 e. The van der Waals surface area contributed by atoms with E-state index in [1.165, 1.54) is 5.56 Å². The molecule has 2 heterocycles. The Morgan fingerprint density at radius 3 is 2.92 bits per heavy atom. The van der Waals surface area contributed by atoms with Crippen molar-refractivity contribution in [3.8, 4) is 5.75 Å². The molecule has 1 aliphatic rings. The Hall–Kier alpha value is -2.34. The molecule has 0 radical (unpaired) electrons. The Bertz CT molecular complexity index is 756. The van der Waals surface area contributed by atoms with Crippen molar-refractivity contribution >= 4 is 5.91 Å². The summed E-state index contributed by atoms with van der Waals surface area (Å²) in [5.74, 6) is 1.10. The number of rotatable bonds is 5. The standard InChI is InChI=1S/C19H26N4O2/c1-13-16(11-21-23(13)3)17-9-20-10-18(17)19(24)22(2)12-14-6-5-7-15(8-14)25-4/h5-8,11,17-18,20H,9-10,12H2,1-4H3/t17-,18+/m1/s1. The van der Waals surface area contributed by atoms with E-state index in [0.29, 0.717) is 13.1 Å². The van der Waals surface area contributed by atoms with Crippen LogP contribution in [-0.2, 0) is 18.4 Å². The SMILES string of the molecule is COc1cccc(CN(C)C(=O)[C@H]2CNC[C@@H]2c2cnn(C)c2C)c1. The number of ether oxygens (including phenoxy) is 1. The normalized spacial score (nSPS) is 19.8. The third-order valence-corrected chi connectivity index (χ3v) is 5.13. The number of carbonyl (C=O) groups is 1. The van der Waals surface area contributed by atoms with Crippen molar-refractivity contribution in [1.82, 2.24) is 20.0 Å². The average molecular weight is 342 g/mol. The highest BCUT2D eigenvalue weighted by molar-refractivity contribution is 5.80. The molecule has 1 aromatic carbocycles. The second kappa shape index (κ2) is 7.27. The number of amides is 1. The largest absolute Gasteiger partial charge is 0.497 e. The first kappa shape index (κ1) is 17.5. The summed E-state index contributed by atoms with van der Waals surface area (Å²) in [7, 11) is 5.46. The van der Waals surface area contributed by atoms with Crippen LogP contribution < -0.4 is 10.1 Å². The molecule has 25 heavy (non-hydrogen) atoms. The molecular weight excluding hydrogens is 316 g/mol. The summed E-state index contributed by atoms with van der Waals surface area (Å²) in [5.41, 5.74) is 3.36. The van der Waals surface area contributed by atoms with E-state index in [1.54, 1.807) is 7.11 Å². The van der Waals surface area contributed by atoms with Crippen molar-refractivity contribution in [3.63, 3.8) is 0 Å². The molecule has 3 rings (SSSR count). The number of nitrogens with zero attached hydrogens (tertiary/aromatic N) is 3. The van der Waals surface area contributed by atoms with Crippen LogP contribution in [0.5, 0.6) is 5.75 Å². The Labute approximate surface area is 148 Å². The van der Waals surface area contributed by atoms with Crippen molar-refractivity contribution in [2.45, 2.75) is 19.4 Å². The topological polar surface area (TPSA) is 59.4 Å². The van der Waals surface area contributed by atoms with Crippen molar-refractivity contribution < 1.29 is 9.53 Å². The highest BCUT2D eigenvalue weighted by atomic mass is 16.5. The summed E-state index contributed by atoms with van der Waals surface area (Å²) in [6.45, 7) is 4.16. The minimum Gasteiger partial charge on any atom is -0.497 e. The fourth-order valence-corrected chi connectivity index (χ4v) is 3.55. The molecule has 2 aromatic rings. The van der Waals surface area contributed by atoms with Gasteiger partial charge in [0.2, 0.25) is 5.91 Å². The Balaban J connectivity index is 1.73. The quantitative estimate of drug-likeness (QED) is 0.898. The molecule has 1 aliphatic heterocycles. The maximum absolute atomic E-state index is 13.0. The van der Waals surface area contributed by atoms with Crippen molar-refractivity contribution in [1.29, 1.82) is 0 Å². The summed E-state index contributed by atoms with van der Waals surface area (Å²) >= 11 is 0. The molecular formula is C19H26N4O2. The first-order chi connectivity index (χ1) is 12.0. The van der Waals surface area contributed by atoms with Gasteiger partial charge in [-0.05, 0) is 30.2 Å². The highest BCUT2D eigenvalue weighted by Crippen LogP contribution is 2.31. The van der Waals surface area contributed by atoms with Gasteiger partial charge in [-0.3, -0.25) is 9.48 Å². The van der Waals surface area contributed by atoms with E-state index >= 15 is 0 Å². The summed E-state index contributed by atoms with van der Waals surface area (Å²) in [6.07, 6.45) is 1.90. The van der Waals surface area contributed by atoms with E-state index in [4.69, 9.17) is 4.74 Å². The first-order valence-corrected chi connectivity index (χ1v) is 8.58. The third-order valence-electron chi connectivity index (χ3n) is 5.13. The second-order valence-electron chi connectivity index (χ2n) is 6.73. The van der Waals surface area contributed by atoms with Gasteiger partial charge >= 0.3 is 0 Å². The van der Waals surface area contributed by atoms with Crippen molar-refractivity contribution in [2.24, 2.45) is 13.0 Å². The number of aryl methyl sites for hydroxylation is 1. The van der Waals surface area contributed by atoms with E-state index in [0.717, 1.165) is 23.6 Å². The van der Waals surface area contributed by atoms with E-state index in [1.807, 2.05) is 54.1 Å². The minimum atomic E-state index is -0.0569. The molecule has 6 heteroatoms. The average Bonchev–Trinajstić information content (AvgIpc) is 3.21. The predicted octanol–water partition coefficient (Wildman–Crippen LogP) is 1.70. The van der Waals surface area contributed by atoms with Crippen molar-refractivity contribution in [2.75, 3.05) is 27.2 Å². The molecule has 0 bridgehead atoms. The van der Waals surface area contributed by atoms with Crippen LogP contribution >= 0.6 is 0 Å². The molecule has 1 amide bonds. The summed E-state index contributed by atoms with van der Waals surface area (Å²) in [6, 6.07) is 7.85. The van der Waals surface area contributed by atoms with Crippen LogP contribution in [-0.4, -0.2) is 47.8 Å². The molecule has 0 saturated carbocycles. The van der Waals surface area contributed by atoms with E-state index in [2.05, 4.69) is 17.3 Å². The number of hydrogen-bond donors (Lipinski definition) is 1. The van der Waals surface area contributed by atoms with Crippen LogP contribution in [0.25, 0.3) is 0 Å². The number of carbonyl (C=O) groups excluding carboxylic acids is 1. The number of hydrogen-bond acceptors (Lipinski definition) is 4. The first-order valence-electron chi connectivity index (χ1n) is 8.58.